The van der Waals surface area contributed by atoms with Crippen molar-refractivity contribution in [1.82, 2.24) is 4.90 Å². The van der Waals surface area contributed by atoms with E-state index in [-0.39, 0.29) is 6.41 Å². The summed E-state index contributed by atoms with van der Waals surface area (Å²) in [6, 6.07) is 7.83. The molecule has 2 aliphatic heterocycles. The minimum atomic E-state index is -0.185. The summed E-state index contributed by atoms with van der Waals surface area (Å²) in [4.78, 5) is 2.24. The second-order valence-corrected chi connectivity index (χ2v) is 3.73. The molecule has 3 rings (SSSR count). The van der Waals surface area contributed by atoms with Crippen LogP contribution in [-0.4, -0.2) is 24.4 Å². The van der Waals surface area contributed by atoms with Gasteiger partial charge in [0.25, 0.3) is 0 Å². The Morgan fingerprint density at radius 2 is 1.57 bits per heavy atom. The molecule has 74 valence electrons. The largest absolute Gasteiger partial charge is 0.438 e. The number of rotatable bonds is 1. The molecule has 1 aromatic rings. The second kappa shape index (κ2) is 3.17. The zero-order valence-electron chi connectivity index (χ0n) is 7.98. The molecule has 3 nitrogen and oxygen atoms in total. The van der Waals surface area contributed by atoms with Gasteiger partial charge in [-0.2, -0.15) is 0 Å². The fourth-order valence-corrected chi connectivity index (χ4v) is 1.99. The van der Waals surface area contributed by atoms with Gasteiger partial charge in [0.05, 0.1) is 0 Å². The van der Waals surface area contributed by atoms with E-state index >= 15 is 0 Å². The lowest BCUT2D eigenvalue weighted by Gasteiger charge is -2.20. The zero-order valence-corrected chi connectivity index (χ0v) is 7.98. The van der Waals surface area contributed by atoms with Crippen LogP contribution in [0.5, 0.6) is 11.5 Å². The lowest BCUT2D eigenvalue weighted by Crippen LogP contribution is -2.38. The number of likely N-dealkylation sites (tertiary alicyclic amines) is 1. The second-order valence-electron chi connectivity index (χ2n) is 3.73. The summed E-state index contributed by atoms with van der Waals surface area (Å²) < 4.78 is 11.4. The molecule has 0 aliphatic carbocycles. The number of benzene rings is 1. The van der Waals surface area contributed by atoms with Crippen molar-refractivity contribution >= 4 is 0 Å². The maximum absolute atomic E-state index is 5.69. The van der Waals surface area contributed by atoms with Crippen molar-refractivity contribution in [3.8, 4) is 11.5 Å². The van der Waals surface area contributed by atoms with Crippen LogP contribution in [0.1, 0.15) is 12.8 Å². The molecule has 2 heterocycles. The first kappa shape index (κ1) is 8.12. The normalized spacial score (nSPS) is 21.7. The lowest BCUT2D eigenvalue weighted by atomic mass is 10.3. The molecular formula is C11H13NO2. The van der Waals surface area contributed by atoms with Crippen LogP contribution >= 0.6 is 0 Å². The van der Waals surface area contributed by atoms with Gasteiger partial charge >= 0.3 is 6.41 Å². The Labute approximate surface area is 83.2 Å². The molecule has 2 aliphatic rings. The van der Waals surface area contributed by atoms with Crippen LogP contribution < -0.4 is 9.47 Å². The summed E-state index contributed by atoms with van der Waals surface area (Å²) in [5.41, 5.74) is 0. The number of ether oxygens (including phenoxy) is 2. The molecular weight excluding hydrogens is 178 g/mol. The van der Waals surface area contributed by atoms with Crippen molar-refractivity contribution in [2.45, 2.75) is 19.3 Å². The van der Waals surface area contributed by atoms with Gasteiger partial charge in [0.1, 0.15) is 0 Å². The average molecular weight is 191 g/mol. The van der Waals surface area contributed by atoms with Crippen LogP contribution in [0.4, 0.5) is 0 Å². The van der Waals surface area contributed by atoms with Crippen molar-refractivity contribution < 1.29 is 9.47 Å². The van der Waals surface area contributed by atoms with Crippen LogP contribution in [0.25, 0.3) is 0 Å². The van der Waals surface area contributed by atoms with E-state index in [1.54, 1.807) is 0 Å². The highest BCUT2D eigenvalue weighted by Gasteiger charge is 2.30. The average Bonchev–Trinajstić information content (AvgIpc) is 2.86. The van der Waals surface area contributed by atoms with E-state index in [4.69, 9.17) is 9.47 Å². The van der Waals surface area contributed by atoms with Gasteiger partial charge in [-0.15, -0.1) is 0 Å². The highest BCUT2D eigenvalue weighted by atomic mass is 16.7. The predicted molar refractivity (Wildman–Crippen MR) is 52.3 cm³/mol. The van der Waals surface area contributed by atoms with Crippen molar-refractivity contribution in [3.05, 3.63) is 24.3 Å². The Bertz CT molecular complexity index is 309. The van der Waals surface area contributed by atoms with E-state index in [2.05, 4.69) is 4.90 Å². The Morgan fingerprint density at radius 3 is 2.14 bits per heavy atom. The van der Waals surface area contributed by atoms with Gasteiger partial charge in [0.15, 0.2) is 11.5 Å². The molecule has 0 aromatic heterocycles. The highest BCUT2D eigenvalue weighted by molar-refractivity contribution is 5.41. The fourth-order valence-electron chi connectivity index (χ4n) is 1.99. The maximum Gasteiger partial charge on any atom is 0.305 e. The van der Waals surface area contributed by atoms with E-state index in [1.165, 1.54) is 12.8 Å². The van der Waals surface area contributed by atoms with Gasteiger partial charge < -0.3 is 9.47 Å². The molecule has 1 aromatic carbocycles. The van der Waals surface area contributed by atoms with E-state index in [1.807, 2.05) is 24.3 Å². The SMILES string of the molecule is c1ccc2c(c1)OC(N1CCCC1)O2. The molecule has 1 fully saturated rings. The van der Waals surface area contributed by atoms with Crippen LogP contribution in [0.2, 0.25) is 0 Å². The number of hydrogen-bond acceptors (Lipinski definition) is 3. The molecule has 0 atom stereocenters. The van der Waals surface area contributed by atoms with Crippen molar-refractivity contribution in [2.24, 2.45) is 0 Å². The van der Waals surface area contributed by atoms with Crippen LogP contribution in [0, 0.1) is 0 Å². The van der Waals surface area contributed by atoms with E-state index in [9.17, 15) is 0 Å². The topological polar surface area (TPSA) is 21.7 Å². The zero-order chi connectivity index (χ0) is 9.38. The molecule has 1 saturated heterocycles. The predicted octanol–water partition coefficient (Wildman–Crippen LogP) is 1.84. The van der Waals surface area contributed by atoms with Crippen molar-refractivity contribution in [3.63, 3.8) is 0 Å². The van der Waals surface area contributed by atoms with Gasteiger partial charge in [0.2, 0.25) is 0 Å². The van der Waals surface area contributed by atoms with Gasteiger partial charge in [-0.1, -0.05) is 12.1 Å². The summed E-state index contributed by atoms with van der Waals surface area (Å²) in [7, 11) is 0. The summed E-state index contributed by atoms with van der Waals surface area (Å²) in [6.45, 7) is 2.16. The third-order valence-electron chi connectivity index (χ3n) is 2.74. The van der Waals surface area contributed by atoms with E-state index in [0.717, 1.165) is 24.6 Å². The molecule has 0 spiro atoms. The molecule has 3 heteroatoms. The fraction of sp³-hybridized carbons (Fsp3) is 0.455. The number of nitrogens with zero attached hydrogens (tertiary/aromatic N) is 1. The standard InChI is InChI=1S/C11H13NO2/c1-2-6-10-9(5-1)13-11(14-10)12-7-3-4-8-12/h1-2,5-6,11H,3-4,7-8H2. The number of para-hydroxylation sites is 2. The minimum absolute atomic E-state index is 0.185. The van der Waals surface area contributed by atoms with Gasteiger partial charge in [-0.25, -0.2) is 4.90 Å². The summed E-state index contributed by atoms with van der Waals surface area (Å²) in [6.07, 6.45) is 2.31. The molecule has 0 radical (unpaired) electrons. The number of hydrogen-bond donors (Lipinski definition) is 0. The molecule has 0 N–H and O–H groups in total. The molecule has 0 saturated carbocycles. The van der Waals surface area contributed by atoms with Crippen LogP contribution in [0.15, 0.2) is 24.3 Å². The number of fused-ring (bicyclic) bond motifs is 1. The molecule has 14 heavy (non-hydrogen) atoms. The van der Waals surface area contributed by atoms with E-state index in [0.29, 0.717) is 0 Å². The summed E-state index contributed by atoms with van der Waals surface area (Å²) >= 11 is 0. The third kappa shape index (κ3) is 1.24. The van der Waals surface area contributed by atoms with Gasteiger partial charge in [-0.05, 0) is 25.0 Å². The van der Waals surface area contributed by atoms with E-state index < -0.39 is 0 Å². The lowest BCUT2D eigenvalue weighted by molar-refractivity contribution is -0.0760. The maximum atomic E-state index is 5.69. The Kier molecular flexibility index (Phi) is 1.84. The quantitative estimate of drug-likeness (QED) is 0.676. The molecule has 0 amide bonds. The summed E-state index contributed by atoms with van der Waals surface area (Å²) in [5.74, 6) is 1.73. The summed E-state index contributed by atoms with van der Waals surface area (Å²) in [5, 5.41) is 0. The first-order valence-electron chi connectivity index (χ1n) is 5.10. The molecule has 0 bridgehead atoms. The smallest absolute Gasteiger partial charge is 0.305 e. The minimum Gasteiger partial charge on any atom is -0.438 e. The van der Waals surface area contributed by atoms with Gasteiger partial charge in [0, 0.05) is 13.1 Å². The van der Waals surface area contributed by atoms with Gasteiger partial charge in [-0.3, -0.25) is 0 Å². The Hall–Kier alpha value is -1.22. The highest BCUT2D eigenvalue weighted by Crippen LogP contribution is 2.35. The Morgan fingerprint density at radius 1 is 1.00 bits per heavy atom. The Balaban J connectivity index is 1.77. The van der Waals surface area contributed by atoms with Crippen molar-refractivity contribution in [2.75, 3.05) is 13.1 Å². The van der Waals surface area contributed by atoms with Crippen LogP contribution in [0.3, 0.4) is 0 Å². The first-order chi connectivity index (χ1) is 6.93. The molecule has 0 unspecified atom stereocenters. The first-order valence-corrected chi connectivity index (χ1v) is 5.10. The van der Waals surface area contributed by atoms with Crippen LogP contribution in [-0.2, 0) is 0 Å². The monoisotopic (exact) mass is 191 g/mol. The third-order valence-corrected chi connectivity index (χ3v) is 2.74. The van der Waals surface area contributed by atoms with Crippen molar-refractivity contribution in [1.29, 1.82) is 0 Å².